The number of Topliss-reactive ketones (excluding diaryl/α,β-unsaturated/α-hetero) is 1. The molecule has 0 saturated heterocycles. The van der Waals surface area contributed by atoms with Crippen molar-refractivity contribution in [1.82, 2.24) is 15.0 Å². The minimum Gasteiger partial charge on any atom is -0.507 e. The van der Waals surface area contributed by atoms with Gasteiger partial charge in [-0.25, -0.2) is 15.0 Å². The van der Waals surface area contributed by atoms with Crippen molar-refractivity contribution >= 4 is 5.78 Å². The molecule has 0 saturated carbocycles. The molecule has 0 fully saturated rings. The maximum absolute atomic E-state index is 12.2. The third-order valence-electron chi connectivity index (χ3n) is 6.24. The Morgan fingerprint density at radius 2 is 1.43 bits per heavy atom. The van der Waals surface area contributed by atoms with E-state index in [0.29, 0.717) is 42.5 Å². The summed E-state index contributed by atoms with van der Waals surface area (Å²) in [5.41, 5.74) is 3.19. The third-order valence-corrected chi connectivity index (χ3v) is 6.24. The van der Waals surface area contributed by atoms with Gasteiger partial charge in [-0.05, 0) is 30.5 Å². The van der Waals surface area contributed by atoms with Crippen LogP contribution in [-0.2, 0) is 16.0 Å². The Bertz CT molecular complexity index is 1250. The summed E-state index contributed by atoms with van der Waals surface area (Å²) in [5.74, 6) is 1.72. The zero-order chi connectivity index (χ0) is 26.0. The Labute approximate surface area is 218 Å². The number of hydrogen-bond acceptors (Lipinski definition) is 6. The first-order valence-corrected chi connectivity index (χ1v) is 12.9. The van der Waals surface area contributed by atoms with E-state index in [2.05, 4.69) is 16.9 Å². The predicted molar refractivity (Wildman–Crippen MR) is 146 cm³/mol. The molecule has 190 valence electrons. The van der Waals surface area contributed by atoms with Crippen molar-refractivity contribution in [3.8, 4) is 39.9 Å². The molecule has 1 heterocycles. The number of carbonyl (C=O) groups is 1. The molecule has 0 aliphatic heterocycles. The smallest absolute Gasteiger partial charge is 0.167 e. The van der Waals surface area contributed by atoms with Gasteiger partial charge in [0, 0.05) is 17.5 Å². The molecule has 0 aliphatic rings. The summed E-state index contributed by atoms with van der Waals surface area (Å²) in [6.07, 6.45) is 3.46. The Morgan fingerprint density at radius 3 is 1.97 bits per heavy atom. The molecular weight excluding hydrogens is 462 g/mol. The first kappa shape index (κ1) is 26.2. The number of benzene rings is 3. The number of nitrogens with zero attached hydrogens (tertiary/aromatic N) is 3. The van der Waals surface area contributed by atoms with Gasteiger partial charge in [0.25, 0.3) is 0 Å². The van der Waals surface area contributed by atoms with Crippen LogP contribution in [0, 0.1) is 0 Å². The van der Waals surface area contributed by atoms with Gasteiger partial charge in [-0.2, -0.15) is 0 Å². The molecule has 1 unspecified atom stereocenters. The number of aromatic nitrogens is 3. The van der Waals surface area contributed by atoms with Gasteiger partial charge >= 0.3 is 0 Å². The summed E-state index contributed by atoms with van der Waals surface area (Å²) in [5, 5.41) is 10.9. The van der Waals surface area contributed by atoms with E-state index in [9.17, 15) is 9.90 Å². The monoisotopic (exact) mass is 495 g/mol. The number of aromatic hydroxyl groups is 1. The fourth-order valence-corrected chi connectivity index (χ4v) is 4.12. The summed E-state index contributed by atoms with van der Waals surface area (Å²) in [6.45, 7) is 4.39. The molecule has 1 aromatic heterocycles. The number of phenolic OH excluding ortho intramolecular Hbond substituents is 1. The predicted octanol–water partition coefficient (Wildman–Crippen LogP) is 6.68. The van der Waals surface area contributed by atoms with Crippen LogP contribution in [0.2, 0.25) is 0 Å². The standard InChI is InChI=1S/C31H33N3O3/c1-3-5-16-28(26(35)4-2)37-20-19-22-17-18-25(27(36)21-22)31-33-29(23-12-8-6-9-13-23)32-30(34-31)24-14-10-7-11-15-24/h6-15,17-18,21,28,36H,3-5,16,19-20H2,1-2H3. The van der Waals surface area contributed by atoms with Crippen LogP contribution < -0.4 is 0 Å². The first-order chi connectivity index (χ1) is 18.1. The van der Waals surface area contributed by atoms with E-state index in [1.807, 2.05) is 79.7 Å². The van der Waals surface area contributed by atoms with Crippen molar-refractivity contribution in [3.63, 3.8) is 0 Å². The fraction of sp³-hybridized carbons (Fsp3) is 0.290. The zero-order valence-electron chi connectivity index (χ0n) is 21.4. The lowest BCUT2D eigenvalue weighted by molar-refractivity contribution is -0.130. The molecule has 1 atom stereocenters. The van der Waals surface area contributed by atoms with Crippen LogP contribution in [0.15, 0.2) is 78.9 Å². The van der Waals surface area contributed by atoms with Crippen molar-refractivity contribution in [2.45, 2.75) is 52.1 Å². The second-order valence-electron chi connectivity index (χ2n) is 8.96. The number of hydrogen-bond donors (Lipinski definition) is 1. The molecule has 0 radical (unpaired) electrons. The van der Waals surface area contributed by atoms with Crippen LogP contribution in [0.25, 0.3) is 34.2 Å². The molecule has 6 heteroatoms. The average Bonchev–Trinajstić information content (AvgIpc) is 2.95. The molecule has 37 heavy (non-hydrogen) atoms. The van der Waals surface area contributed by atoms with Crippen LogP contribution in [0.4, 0.5) is 0 Å². The molecule has 3 aromatic carbocycles. The Balaban J connectivity index is 1.57. The summed E-state index contributed by atoms with van der Waals surface area (Å²) in [7, 11) is 0. The highest BCUT2D eigenvalue weighted by molar-refractivity contribution is 5.82. The topological polar surface area (TPSA) is 85.2 Å². The van der Waals surface area contributed by atoms with Crippen LogP contribution in [0.5, 0.6) is 5.75 Å². The molecule has 6 nitrogen and oxygen atoms in total. The number of rotatable bonds is 12. The van der Waals surface area contributed by atoms with Gasteiger partial charge in [0.05, 0.1) is 12.2 Å². The highest BCUT2D eigenvalue weighted by atomic mass is 16.5. The van der Waals surface area contributed by atoms with E-state index in [1.165, 1.54) is 0 Å². The lowest BCUT2D eigenvalue weighted by Crippen LogP contribution is -2.24. The zero-order valence-corrected chi connectivity index (χ0v) is 21.4. The maximum atomic E-state index is 12.2. The molecule has 0 spiro atoms. The molecule has 0 bridgehead atoms. The maximum Gasteiger partial charge on any atom is 0.167 e. The summed E-state index contributed by atoms with van der Waals surface area (Å²) >= 11 is 0. The van der Waals surface area contributed by atoms with E-state index in [4.69, 9.17) is 9.72 Å². The van der Waals surface area contributed by atoms with Crippen LogP contribution in [0.3, 0.4) is 0 Å². The molecule has 0 amide bonds. The van der Waals surface area contributed by atoms with E-state index in [0.717, 1.165) is 36.0 Å². The van der Waals surface area contributed by atoms with Crippen LogP contribution >= 0.6 is 0 Å². The van der Waals surface area contributed by atoms with Crippen molar-refractivity contribution in [1.29, 1.82) is 0 Å². The van der Waals surface area contributed by atoms with Crippen molar-refractivity contribution in [2.75, 3.05) is 6.61 Å². The number of ketones is 1. The number of unbranched alkanes of at least 4 members (excludes halogenated alkanes) is 1. The van der Waals surface area contributed by atoms with Gasteiger partial charge in [0.15, 0.2) is 23.3 Å². The van der Waals surface area contributed by atoms with Gasteiger partial charge in [-0.3, -0.25) is 4.79 Å². The van der Waals surface area contributed by atoms with Crippen LogP contribution in [0.1, 0.15) is 45.1 Å². The Morgan fingerprint density at radius 1 is 0.838 bits per heavy atom. The van der Waals surface area contributed by atoms with Gasteiger partial charge < -0.3 is 9.84 Å². The number of carbonyl (C=O) groups excluding carboxylic acids is 1. The molecule has 4 rings (SSSR count). The lowest BCUT2D eigenvalue weighted by Gasteiger charge is -2.16. The lowest BCUT2D eigenvalue weighted by atomic mass is 10.1. The minimum absolute atomic E-state index is 0.0916. The number of phenols is 1. The van der Waals surface area contributed by atoms with E-state index in [-0.39, 0.29) is 17.6 Å². The second kappa shape index (κ2) is 12.9. The summed E-state index contributed by atoms with van der Waals surface area (Å²) in [4.78, 5) is 26.3. The quantitative estimate of drug-likeness (QED) is 0.236. The second-order valence-corrected chi connectivity index (χ2v) is 8.96. The normalized spacial score (nSPS) is 11.8. The molecular formula is C31H33N3O3. The van der Waals surface area contributed by atoms with Crippen LogP contribution in [-0.4, -0.2) is 38.6 Å². The average molecular weight is 496 g/mol. The van der Waals surface area contributed by atoms with Crippen molar-refractivity contribution in [3.05, 3.63) is 84.4 Å². The van der Waals surface area contributed by atoms with E-state index < -0.39 is 0 Å². The van der Waals surface area contributed by atoms with Crippen molar-refractivity contribution in [2.24, 2.45) is 0 Å². The SMILES string of the molecule is CCCCC(OCCc1ccc(-c2nc(-c3ccccc3)nc(-c3ccccc3)n2)c(O)c1)C(=O)CC. The van der Waals surface area contributed by atoms with E-state index in [1.54, 1.807) is 6.07 Å². The van der Waals surface area contributed by atoms with Gasteiger partial charge in [0.2, 0.25) is 0 Å². The fourth-order valence-electron chi connectivity index (χ4n) is 4.12. The summed E-state index contributed by atoms with van der Waals surface area (Å²) in [6, 6.07) is 25.0. The largest absolute Gasteiger partial charge is 0.507 e. The third kappa shape index (κ3) is 6.86. The van der Waals surface area contributed by atoms with E-state index >= 15 is 0 Å². The minimum atomic E-state index is -0.351. The molecule has 4 aromatic rings. The van der Waals surface area contributed by atoms with Gasteiger partial charge in [-0.15, -0.1) is 0 Å². The van der Waals surface area contributed by atoms with Crippen molar-refractivity contribution < 1.29 is 14.6 Å². The Kier molecular flexibility index (Phi) is 9.11. The number of ether oxygens (including phenoxy) is 1. The highest BCUT2D eigenvalue weighted by Crippen LogP contribution is 2.31. The summed E-state index contributed by atoms with van der Waals surface area (Å²) < 4.78 is 5.92. The molecule has 0 aliphatic carbocycles. The van der Waals surface area contributed by atoms with Gasteiger partial charge in [-0.1, -0.05) is 93.4 Å². The highest BCUT2D eigenvalue weighted by Gasteiger charge is 2.17. The molecule has 1 N–H and O–H groups in total. The Hall–Kier alpha value is -3.90. The first-order valence-electron chi connectivity index (χ1n) is 12.9. The van der Waals surface area contributed by atoms with Gasteiger partial charge in [0.1, 0.15) is 11.9 Å².